The van der Waals surface area contributed by atoms with Crippen molar-refractivity contribution in [2.45, 2.75) is 19.8 Å². The molecule has 116 valence electrons. The lowest BCUT2D eigenvalue weighted by atomic mass is 10.0. The molecule has 0 saturated heterocycles. The Morgan fingerprint density at radius 1 is 1.30 bits per heavy atom. The van der Waals surface area contributed by atoms with Crippen molar-refractivity contribution in [3.05, 3.63) is 45.6 Å². The van der Waals surface area contributed by atoms with E-state index in [1.54, 1.807) is 6.07 Å². The van der Waals surface area contributed by atoms with Gasteiger partial charge in [-0.3, -0.25) is 9.63 Å². The van der Waals surface area contributed by atoms with Gasteiger partial charge in [0.1, 0.15) is 17.2 Å². The van der Waals surface area contributed by atoms with E-state index < -0.39 is 0 Å². The lowest BCUT2D eigenvalue weighted by Gasteiger charge is -2.08. The van der Waals surface area contributed by atoms with Crippen molar-refractivity contribution in [2.75, 3.05) is 12.6 Å². The molecule has 0 unspecified atom stereocenters. The molecule has 1 N–H and O–H groups in total. The molecule has 3 rings (SSSR count). The Balaban J connectivity index is 2.37. The van der Waals surface area contributed by atoms with Gasteiger partial charge >= 0.3 is 0 Å². The van der Waals surface area contributed by atoms with Gasteiger partial charge in [0.2, 0.25) is 5.43 Å². The van der Waals surface area contributed by atoms with Gasteiger partial charge in [-0.15, -0.1) is 0 Å². The molecule has 0 aliphatic rings. The van der Waals surface area contributed by atoms with Crippen LogP contribution >= 0.6 is 0 Å². The Bertz CT molecular complexity index is 1000. The van der Waals surface area contributed by atoms with E-state index in [2.05, 4.69) is 24.3 Å². The number of hydrogen-bond acceptors (Lipinski definition) is 6. The summed E-state index contributed by atoms with van der Waals surface area (Å²) in [5.74, 6) is 0.489. The molecule has 23 heavy (non-hydrogen) atoms. The predicted molar refractivity (Wildman–Crippen MR) is 87.2 cm³/mol. The summed E-state index contributed by atoms with van der Waals surface area (Å²) >= 11 is 0. The van der Waals surface area contributed by atoms with E-state index in [1.807, 2.05) is 18.2 Å². The van der Waals surface area contributed by atoms with Crippen LogP contribution in [0.5, 0.6) is 0 Å². The maximum atomic E-state index is 12.7. The summed E-state index contributed by atoms with van der Waals surface area (Å²) in [4.78, 5) is 21.7. The van der Waals surface area contributed by atoms with Crippen LogP contribution in [0.2, 0.25) is 0 Å². The van der Waals surface area contributed by atoms with Gasteiger partial charge in [0.15, 0.2) is 16.9 Å². The van der Waals surface area contributed by atoms with Crippen molar-refractivity contribution in [1.82, 2.24) is 4.98 Å². The van der Waals surface area contributed by atoms with Crippen LogP contribution in [0.1, 0.15) is 30.9 Å². The van der Waals surface area contributed by atoms with Crippen LogP contribution in [-0.2, 0) is 4.84 Å². The summed E-state index contributed by atoms with van der Waals surface area (Å²) in [6.45, 7) is 4.11. The molecule has 2 heterocycles. The molecule has 0 radical (unpaired) electrons. The highest BCUT2D eigenvalue weighted by Crippen LogP contribution is 2.24. The minimum absolute atomic E-state index is 0.164. The summed E-state index contributed by atoms with van der Waals surface area (Å²) in [5, 5.41) is 9.66. The topological polar surface area (TPSA) is 88.2 Å². The molecule has 2 aromatic heterocycles. The van der Waals surface area contributed by atoms with Gasteiger partial charge < -0.3 is 4.42 Å². The van der Waals surface area contributed by atoms with E-state index in [4.69, 9.17) is 9.25 Å². The Hall–Kier alpha value is -2.91. The van der Waals surface area contributed by atoms with E-state index >= 15 is 0 Å². The molecule has 0 spiro atoms. The zero-order valence-electron chi connectivity index (χ0n) is 13.0. The standard InChI is InChI=1S/C17H15N3O3/c1-9(2)10-4-5-13-12(6-10)16(21)15-14(23-13)7-11(8-18)17(19-15)20-22-3/h4-7,9H,1-3H3,(H,19,20). The van der Waals surface area contributed by atoms with E-state index in [9.17, 15) is 10.1 Å². The molecule has 3 aromatic rings. The van der Waals surface area contributed by atoms with E-state index in [0.717, 1.165) is 5.56 Å². The molecule has 6 nitrogen and oxygen atoms in total. The van der Waals surface area contributed by atoms with Crippen LogP contribution in [-0.4, -0.2) is 12.1 Å². The van der Waals surface area contributed by atoms with Gasteiger partial charge in [-0.25, -0.2) is 10.5 Å². The van der Waals surface area contributed by atoms with Crippen molar-refractivity contribution < 1.29 is 9.25 Å². The number of hydrogen-bond donors (Lipinski definition) is 1. The summed E-state index contributed by atoms with van der Waals surface area (Å²) in [5.41, 5.74) is 4.48. The zero-order valence-corrected chi connectivity index (χ0v) is 13.0. The highest BCUT2D eigenvalue weighted by molar-refractivity contribution is 5.89. The van der Waals surface area contributed by atoms with Crippen molar-refractivity contribution in [2.24, 2.45) is 0 Å². The monoisotopic (exact) mass is 309 g/mol. The number of nitriles is 1. The number of rotatable bonds is 3. The van der Waals surface area contributed by atoms with Crippen molar-refractivity contribution in [3.8, 4) is 6.07 Å². The minimum atomic E-state index is -0.229. The van der Waals surface area contributed by atoms with Crippen LogP contribution in [0, 0.1) is 11.3 Å². The fraction of sp³-hybridized carbons (Fsp3) is 0.235. The Morgan fingerprint density at radius 2 is 2.09 bits per heavy atom. The number of benzene rings is 1. The smallest absolute Gasteiger partial charge is 0.219 e. The maximum absolute atomic E-state index is 12.7. The number of aromatic nitrogens is 1. The quantitative estimate of drug-likeness (QED) is 0.590. The zero-order chi connectivity index (χ0) is 16.6. The molecule has 0 atom stereocenters. The number of nitrogens with one attached hydrogen (secondary N) is 1. The normalized spacial score (nSPS) is 11.1. The minimum Gasteiger partial charge on any atom is -0.454 e. The van der Waals surface area contributed by atoms with Crippen LogP contribution in [0.15, 0.2) is 33.5 Å². The summed E-state index contributed by atoms with van der Waals surface area (Å²) in [6, 6.07) is 9.02. The first kappa shape index (κ1) is 15.0. The first-order valence-electron chi connectivity index (χ1n) is 7.15. The molecule has 0 aliphatic carbocycles. The number of anilines is 1. The molecule has 6 heteroatoms. The van der Waals surface area contributed by atoms with Crippen molar-refractivity contribution in [1.29, 1.82) is 5.26 Å². The van der Waals surface area contributed by atoms with Gasteiger partial charge in [0.25, 0.3) is 0 Å². The second-order valence-corrected chi connectivity index (χ2v) is 5.49. The van der Waals surface area contributed by atoms with Gasteiger partial charge in [-0.2, -0.15) is 5.26 Å². The molecular formula is C17H15N3O3. The van der Waals surface area contributed by atoms with E-state index in [0.29, 0.717) is 16.9 Å². The summed E-state index contributed by atoms with van der Waals surface area (Å²) < 4.78 is 5.76. The van der Waals surface area contributed by atoms with Gasteiger partial charge in [-0.1, -0.05) is 19.9 Å². The number of nitrogens with zero attached hydrogens (tertiary/aromatic N) is 2. The SMILES string of the molecule is CONc1nc2c(=O)c3cc(C(C)C)ccc3oc2cc1C#N. The van der Waals surface area contributed by atoms with Crippen LogP contribution < -0.4 is 10.9 Å². The fourth-order valence-corrected chi connectivity index (χ4v) is 2.41. The maximum Gasteiger partial charge on any atom is 0.219 e. The van der Waals surface area contributed by atoms with Gasteiger partial charge in [-0.05, 0) is 23.6 Å². The Labute approximate surface area is 132 Å². The van der Waals surface area contributed by atoms with Crippen LogP contribution in [0.4, 0.5) is 5.82 Å². The first-order chi connectivity index (χ1) is 11.0. The summed E-state index contributed by atoms with van der Waals surface area (Å²) in [7, 11) is 1.41. The second kappa shape index (κ2) is 5.71. The third-order valence-corrected chi connectivity index (χ3v) is 3.66. The fourth-order valence-electron chi connectivity index (χ4n) is 2.41. The first-order valence-corrected chi connectivity index (χ1v) is 7.15. The highest BCUT2D eigenvalue weighted by Gasteiger charge is 2.14. The molecule has 0 saturated carbocycles. The number of fused-ring (bicyclic) bond motifs is 2. The Morgan fingerprint density at radius 3 is 2.74 bits per heavy atom. The average Bonchev–Trinajstić information content (AvgIpc) is 2.55. The van der Waals surface area contributed by atoms with Crippen molar-refractivity contribution >= 4 is 27.9 Å². The molecule has 0 bridgehead atoms. The largest absolute Gasteiger partial charge is 0.454 e. The molecule has 0 amide bonds. The van der Waals surface area contributed by atoms with E-state index in [-0.39, 0.29) is 27.9 Å². The van der Waals surface area contributed by atoms with Crippen molar-refractivity contribution in [3.63, 3.8) is 0 Å². The van der Waals surface area contributed by atoms with E-state index in [1.165, 1.54) is 13.2 Å². The molecular weight excluding hydrogens is 294 g/mol. The lowest BCUT2D eigenvalue weighted by Crippen LogP contribution is -2.08. The van der Waals surface area contributed by atoms with Crippen LogP contribution in [0.3, 0.4) is 0 Å². The molecule has 1 aromatic carbocycles. The Kier molecular flexibility index (Phi) is 3.72. The highest BCUT2D eigenvalue weighted by atomic mass is 16.6. The number of pyridine rings is 1. The average molecular weight is 309 g/mol. The lowest BCUT2D eigenvalue weighted by molar-refractivity contribution is 0.269. The molecule has 0 aliphatic heterocycles. The molecule has 0 fully saturated rings. The van der Waals surface area contributed by atoms with Crippen LogP contribution in [0.25, 0.3) is 22.1 Å². The van der Waals surface area contributed by atoms with Gasteiger partial charge in [0, 0.05) is 6.07 Å². The van der Waals surface area contributed by atoms with Gasteiger partial charge in [0.05, 0.1) is 12.5 Å². The predicted octanol–water partition coefficient (Wildman–Crippen LogP) is 3.31. The second-order valence-electron chi connectivity index (χ2n) is 5.49. The summed E-state index contributed by atoms with van der Waals surface area (Å²) in [6.07, 6.45) is 0. The third-order valence-electron chi connectivity index (χ3n) is 3.66. The third kappa shape index (κ3) is 2.51.